The van der Waals surface area contributed by atoms with Crippen LogP contribution in [-0.4, -0.2) is 44.0 Å². The second-order valence-corrected chi connectivity index (χ2v) is 6.20. The molecule has 136 valence electrons. The van der Waals surface area contributed by atoms with Gasteiger partial charge in [-0.2, -0.15) is 0 Å². The highest BCUT2D eigenvalue weighted by molar-refractivity contribution is 6.04. The topological polar surface area (TPSA) is 59.1 Å². The number of likely N-dealkylation sites (N-methyl/N-ethyl adjacent to an activating group) is 1. The fourth-order valence-corrected chi connectivity index (χ4v) is 3.18. The Hall–Kier alpha value is -3.02. The summed E-state index contributed by atoms with van der Waals surface area (Å²) in [5.74, 6) is 0.874. The van der Waals surface area contributed by atoms with Crippen molar-refractivity contribution in [3.8, 4) is 11.5 Å². The Bertz CT molecular complexity index is 849. The summed E-state index contributed by atoms with van der Waals surface area (Å²) >= 11 is 0. The molecular formula is C20H22N2O4. The van der Waals surface area contributed by atoms with Crippen molar-refractivity contribution in [2.45, 2.75) is 19.5 Å². The number of rotatable bonds is 5. The van der Waals surface area contributed by atoms with E-state index < -0.39 is 6.04 Å². The Morgan fingerprint density at radius 1 is 1.15 bits per heavy atom. The summed E-state index contributed by atoms with van der Waals surface area (Å²) in [5, 5.41) is 0. The second kappa shape index (κ2) is 7.07. The quantitative estimate of drug-likeness (QED) is 0.828. The number of benzene rings is 2. The van der Waals surface area contributed by atoms with Gasteiger partial charge < -0.3 is 19.3 Å². The van der Waals surface area contributed by atoms with Gasteiger partial charge in [-0.25, -0.2) is 0 Å². The fourth-order valence-electron chi connectivity index (χ4n) is 3.18. The maximum Gasteiger partial charge on any atom is 0.255 e. The lowest BCUT2D eigenvalue weighted by atomic mass is 10.1. The number of nitrogens with zero attached hydrogens (tertiary/aromatic N) is 2. The van der Waals surface area contributed by atoms with Gasteiger partial charge >= 0.3 is 0 Å². The number of amides is 2. The minimum atomic E-state index is -0.591. The van der Waals surface area contributed by atoms with Crippen LogP contribution in [0, 0.1) is 0 Å². The van der Waals surface area contributed by atoms with Crippen molar-refractivity contribution in [2.24, 2.45) is 0 Å². The number of anilines is 1. The number of carbonyl (C=O) groups is 2. The number of hydrogen-bond donors (Lipinski definition) is 0. The Balaban J connectivity index is 1.82. The molecule has 0 spiro atoms. The molecule has 1 heterocycles. The van der Waals surface area contributed by atoms with Crippen LogP contribution in [0.4, 0.5) is 5.69 Å². The van der Waals surface area contributed by atoms with E-state index in [0.717, 1.165) is 5.56 Å². The molecule has 0 fully saturated rings. The number of ether oxygens (including phenoxy) is 2. The van der Waals surface area contributed by atoms with E-state index in [1.807, 2.05) is 18.2 Å². The van der Waals surface area contributed by atoms with Gasteiger partial charge in [-0.3, -0.25) is 9.59 Å². The Kier molecular flexibility index (Phi) is 4.84. The van der Waals surface area contributed by atoms with Crippen LogP contribution in [-0.2, 0) is 11.3 Å². The van der Waals surface area contributed by atoms with Gasteiger partial charge in [0.05, 0.1) is 19.9 Å². The molecule has 2 amide bonds. The molecule has 2 aromatic rings. The first-order chi connectivity index (χ1) is 12.5. The van der Waals surface area contributed by atoms with Gasteiger partial charge in [0.1, 0.15) is 17.5 Å². The number of hydrogen-bond acceptors (Lipinski definition) is 4. The van der Waals surface area contributed by atoms with Crippen molar-refractivity contribution in [2.75, 3.05) is 26.2 Å². The highest BCUT2D eigenvalue weighted by Crippen LogP contribution is 2.33. The molecule has 0 aromatic heterocycles. The average molecular weight is 354 g/mol. The zero-order chi connectivity index (χ0) is 18.8. The van der Waals surface area contributed by atoms with Crippen LogP contribution < -0.4 is 14.4 Å². The first kappa shape index (κ1) is 17.8. The standard InChI is InChI=1S/C20H22N2O4/c1-13(22-12-14-7-5-6-8-16(14)20(22)24)19(23)21(2)17-10-9-15(25-3)11-18(17)26-4/h5-11,13H,12H2,1-4H3/t13-/m1/s1. The highest BCUT2D eigenvalue weighted by atomic mass is 16.5. The Labute approximate surface area is 152 Å². The number of carbonyl (C=O) groups excluding carboxylic acids is 2. The van der Waals surface area contributed by atoms with Crippen LogP contribution in [0.3, 0.4) is 0 Å². The highest BCUT2D eigenvalue weighted by Gasteiger charge is 2.35. The van der Waals surface area contributed by atoms with Crippen molar-refractivity contribution in [1.82, 2.24) is 4.90 Å². The molecule has 0 bridgehead atoms. The number of fused-ring (bicyclic) bond motifs is 1. The molecule has 6 nitrogen and oxygen atoms in total. The SMILES string of the molecule is COc1ccc(N(C)C(=O)[C@@H](C)N2Cc3ccccc3C2=O)c(OC)c1. The molecule has 0 saturated heterocycles. The van der Waals surface area contributed by atoms with Crippen molar-refractivity contribution in [3.63, 3.8) is 0 Å². The van der Waals surface area contributed by atoms with Gasteiger partial charge in [-0.1, -0.05) is 18.2 Å². The molecule has 26 heavy (non-hydrogen) atoms. The minimum absolute atomic E-state index is 0.114. The van der Waals surface area contributed by atoms with Crippen molar-refractivity contribution in [1.29, 1.82) is 0 Å². The molecule has 1 aliphatic rings. The zero-order valence-electron chi connectivity index (χ0n) is 15.4. The van der Waals surface area contributed by atoms with Gasteiger partial charge in [-0.15, -0.1) is 0 Å². The molecule has 3 rings (SSSR count). The zero-order valence-corrected chi connectivity index (χ0v) is 15.4. The first-order valence-corrected chi connectivity index (χ1v) is 8.36. The summed E-state index contributed by atoms with van der Waals surface area (Å²) < 4.78 is 10.6. The molecule has 0 radical (unpaired) electrons. The second-order valence-electron chi connectivity index (χ2n) is 6.20. The Morgan fingerprint density at radius 3 is 2.54 bits per heavy atom. The summed E-state index contributed by atoms with van der Waals surface area (Å²) in [4.78, 5) is 28.7. The lowest BCUT2D eigenvalue weighted by Gasteiger charge is -2.28. The maximum absolute atomic E-state index is 13.0. The molecule has 0 saturated carbocycles. The van der Waals surface area contributed by atoms with Crippen molar-refractivity contribution in [3.05, 3.63) is 53.6 Å². The predicted octanol–water partition coefficient (Wildman–Crippen LogP) is 2.71. The van der Waals surface area contributed by atoms with Crippen LogP contribution in [0.15, 0.2) is 42.5 Å². The molecule has 0 N–H and O–H groups in total. The summed E-state index contributed by atoms with van der Waals surface area (Å²) in [6.45, 7) is 2.19. The summed E-state index contributed by atoms with van der Waals surface area (Å²) in [6, 6.07) is 12.1. The molecular weight excluding hydrogens is 332 g/mol. The van der Waals surface area contributed by atoms with Crippen LogP contribution in [0.25, 0.3) is 0 Å². The van der Waals surface area contributed by atoms with E-state index in [9.17, 15) is 9.59 Å². The molecule has 0 aliphatic carbocycles. The predicted molar refractivity (Wildman–Crippen MR) is 98.7 cm³/mol. The summed E-state index contributed by atoms with van der Waals surface area (Å²) in [7, 11) is 4.79. The van der Waals surface area contributed by atoms with Crippen LogP contribution in [0.1, 0.15) is 22.8 Å². The van der Waals surface area contributed by atoms with E-state index in [1.54, 1.807) is 57.4 Å². The van der Waals surface area contributed by atoms with E-state index in [1.165, 1.54) is 4.90 Å². The fraction of sp³-hybridized carbons (Fsp3) is 0.300. The summed E-state index contributed by atoms with van der Waals surface area (Å²) in [5.41, 5.74) is 2.23. The van der Waals surface area contributed by atoms with Gasteiger partial charge in [-0.05, 0) is 30.7 Å². The normalized spacial score (nSPS) is 14.0. The third-order valence-electron chi connectivity index (χ3n) is 4.75. The molecule has 2 aromatic carbocycles. The molecule has 1 atom stereocenters. The van der Waals surface area contributed by atoms with E-state index in [-0.39, 0.29) is 11.8 Å². The van der Waals surface area contributed by atoms with Crippen LogP contribution in [0.2, 0.25) is 0 Å². The van der Waals surface area contributed by atoms with E-state index in [0.29, 0.717) is 29.3 Å². The van der Waals surface area contributed by atoms with Crippen LogP contribution >= 0.6 is 0 Å². The monoisotopic (exact) mass is 354 g/mol. The minimum Gasteiger partial charge on any atom is -0.497 e. The first-order valence-electron chi connectivity index (χ1n) is 8.36. The van der Waals surface area contributed by atoms with Crippen molar-refractivity contribution < 1.29 is 19.1 Å². The molecule has 6 heteroatoms. The van der Waals surface area contributed by atoms with Crippen LogP contribution in [0.5, 0.6) is 11.5 Å². The van der Waals surface area contributed by atoms with Crippen molar-refractivity contribution >= 4 is 17.5 Å². The third kappa shape index (κ3) is 2.98. The maximum atomic E-state index is 13.0. The lowest BCUT2D eigenvalue weighted by molar-refractivity contribution is -0.122. The van der Waals surface area contributed by atoms with Gasteiger partial charge in [0.2, 0.25) is 5.91 Å². The van der Waals surface area contributed by atoms with Gasteiger partial charge in [0.15, 0.2) is 0 Å². The van der Waals surface area contributed by atoms with Gasteiger partial charge in [0, 0.05) is 25.2 Å². The Morgan fingerprint density at radius 2 is 1.88 bits per heavy atom. The van der Waals surface area contributed by atoms with Gasteiger partial charge in [0.25, 0.3) is 5.91 Å². The largest absolute Gasteiger partial charge is 0.497 e. The van der Waals surface area contributed by atoms with E-state index >= 15 is 0 Å². The third-order valence-corrected chi connectivity index (χ3v) is 4.75. The molecule has 1 aliphatic heterocycles. The van der Waals surface area contributed by atoms with E-state index in [4.69, 9.17) is 9.47 Å². The molecule has 0 unspecified atom stereocenters. The average Bonchev–Trinajstić information content (AvgIpc) is 3.02. The van der Waals surface area contributed by atoms with E-state index in [2.05, 4.69) is 0 Å². The lowest BCUT2D eigenvalue weighted by Crippen LogP contribution is -2.46. The summed E-state index contributed by atoms with van der Waals surface area (Å²) in [6.07, 6.45) is 0. The number of methoxy groups -OCH3 is 2. The smallest absolute Gasteiger partial charge is 0.255 e.